The topological polar surface area (TPSA) is 64.4 Å². The molecule has 2 aromatic carbocycles. The first-order valence-electron chi connectivity index (χ1n) is 8.12. The molecule has 136 valence electrons. The number of hydrogen-bond donors (Lipinski definition) is 0. The molecule has 0 spiro atoms. The fourth-order valence-corrected chi connectivity index (χ4v) is 3.36. The van der Waals surface area contributed by atoms with Crippen LogP contribution in [0, 0.1) is 11.3 Å². The van der Waals surface area contributed by atoms with Crippen LogP contribution in [0.25, 0.3) is 22.9 Å². The lowest BCUT2D eigenvalue weighted by atomic mass is 10.1. The molecule has 3 aromatic rings. The van der Waals surface area contributed by atoms with Crippen molar-refractivity contribution in [3.8, 4) is 34.6 Å². The summed E-state index contributed by atoms with van der Waals surface area (Å²) in [5, 5.41) is 12.2. The molecule has 0 saturated heterocycles. The molecule has 3 rings (SSSR count). The van der Waals surface area contributed by atoms with Crippen LogP contribution in [-0.4, -0.2) is 26.3 Å². The monoisotopic (exact) mass is 378 g/mol. The molecule has 0 radical (unpaired) electrons. The Balaban J connectivity index is 1.94. The van der Waals surface area contributed by atoms with E-state index in [2.05, 4.69) is 11.1 Å². The molecule has 0 unspecified atom stereocenters. The number of nitriles is 1. The number of hydrogen-bond acceptors (Lipinski definition) is 6. The SMILES string of the molecule is COc1cccc(C=C(C#N)c2nc(-c3ccc(OC)c(OC)c3)cs2)c1. The summed E-state index contributed by atoms with van der Waals surface area (Å²) >= 11 is 1.42. The second-order valence-electron chi connectivity index (χ2n) is 5.55. The van der Waals surface area contributed by atoms with E-state index in [0.29, 0.717) is 22.1 Å². The highest BCUT2D eigenvalue weighted by atomic mass is 32.1. The van der Waals surface area contributed by atoms with Crippen LogP contribution in [0.1, 0.15) is 10.6 Å². The van der Waals surface area contributed by atoms with Gasteiger partial charge in [-0.1, -0.05) is 12.1 Å². The van der Waals surface area contributed by atoms with Crippen molar-refractivity contribution in [3.05, 3.63) is 58.4 Å². The van der Waals surface area contributed by atoms with Crippen LogP contribution in [0.3, 0.4) is 0 Å². The van der Waals surface area contributed by atoms with Crippen molar-refractivity contribution in [2.45, 2.75) is 0 Å². The number of benzene rings is 2. The molecule has 5 nitrogen and oxygen atoms in total. The van der Waals surface area contributed by atoms with Gasteiger partial charge in [0.05, 0.1) is 32.6 Å². The Morgan fingerprint density at radius 2 is 1.85 bits per heavy atom. The van der Waals surface area contributed by atoms with Gasteiger partial charge in [0.15, 0.2) is 11.5 Å². The van der Waals surface area contributed by atoms with Gasteiger partial charge in [-0.2, -0.15) is 5.26 Å². The van der Waals surface area contributed by atoms with Gasteiger partial charge in [-0.05, 0) is 42.0 Å². The van der Waals surface area contributed by atoms with E-state index >= 15 is 0 Å². The average Bonchev–Trinajstić information content (AvgIpc) is 3.21. The zero-order valence-corrected chi connectivity index (χ0v) is 16.0. The number of aromatic nitrogens is 1. The molecule has 27 heavy (non-hydrogen) atoms. The molecule has 0 aliphatic carbocycles. The lowest BCUT2D eigenvalue weighted by molar-refractivity contribution is 0.355. The smallest absolute Gasteiger partial charge is 0.161 e. The highest BCUT2D eigenvalue weighted by Crippen LogP contribution is 2.34. The van der Waals surface area contributed by atoms with E-state index in [1.165, 1.54) is 11.3 Å². The molecule has 0 atom stereocenters. The summed E-state index contributed by atoms with van der Waals surface area (Å²) < 4.78 is 15.8. The predicted octanol–water partition coefficient (Wildman–Crippen LogP) is 4.90. The summed E-state index contributed by atoms with van der Waals surface area (Å²) in [5.41, 5.74) is 3.06. The molecular formula is C21H18N2O3S. The minimum Gasteiger partial charge on any atom is -0.497 e. The molecule has 0 saturated carbocycles. The summed E-state index contributed by atoms with van der Waals surface area (Å²) in [5.74, 6) is 2.04. The van der Waals surface area contributed by atoms with Gasteiger partial charge in [0.1, 0.15) is 16.8 Å². The Hall–Kier alpha value is -3.30. The standard InChI is InChI=1S/C21H18N2O3S/c1-24-17-6-4-5-14(10-17)9-16(12-22)21-23-18(13-27-21)15-7-8-19(25-2)20(11-15)26-3/h4-11,13H,1-3H3. The van der Waals surface area contributed by atoms with Crippen LogP contribution in [0.15, 0.2) is 47.8 Å². The molecule has 0 N–H and O–H groups in total. The van der Waals surface area contributed by atoms with Gasteiger partial charge >= 0.3 is 0 Å². The maximum Gasteiger partial charge on any atom is 0.161 e. The number of rotatable bonds is 6. The Labute approximate surface area is 162 Å². The van der Waals surface area contributed by atoms with Gasteiger partial charge in [-0.25, -0.2) is 4.98 Å². The highest BCUT2D eigenvalue weighted by molar-refractivity contribution is 7.11. The molecule has 6 heteroatoms. The molecule has 0 amide bonds. The van der Waals surface area contributed by atoms with Gasteiger partial charge in [-0.3, -0.25) is 0 Å². The van der Waals surface area contributed by atoms with Crippen molar-refractivity contribution in [1.82, 2.24) is 4.98 Å². The first kappa shape index (κ1) is 18.5. The van der Waals surface area contributed by atoms with Crippen molar-refractivity contribution in [3.63, 3.8) is 0 Å². The normalized spacial score (nSPS) is 11.0. The summed E-state index contributed by atoms with van der Waals surface area (Å²) in [7, 11) is 4.81. The van der Waals surface area contributed by atoms with Crippen LogP contribution in [-0.2, 0) is 0 Å². The van der Waals surface area contributed by atoms with Crippen LogP contribution in [0.5, 0.6) is 17.2 Å². The lowest BCUT2D eigenvalue weighted by Crippen LogP contribution is -1.91. The van der Waals surface area contributed by atoms with Crippen LogP contribution in [0.4, 0.5) is 0 Å². The van der Waals surface area contributed by atoms with E-state index < -0.39 is 0 Å². The van der Waals surface area contributed by atoms with Crippen LogP contribution in [0.2, 0.25) is 0 Å². The maximum atomic E-state index is 9.58. The number of nitrogens with zero attached hydrogens (tertiary/aromatic N) is 2. The first-order valence-corrected chi connectivity index (χ1v) is 9.00. The summed E-state index contributed by atoms with van der Waals surface area (Å²) in [6, 6.07) is 15.4. The number of thiazole rings is 1. The second kappa shape index (κ2) is 8.39. The quantitative estimate of drug-likeness (QED) is 0.571. The van der Waals surface area contributed by atoms with Gasteiger partial charge in [0.25, 0.3) is 0 Å². The summed E-state index contributed by atoms with van der Waals surface area (Å²) in [6.45, 7) is 0. The molecule has 0 aliphatic heterocycles. The fourth-order valence-electron chi connectivity index (χ4n) is 2.57. The maximum absolute atomic E-state index is 9.58. The molecule has 1 heterocycles. The third-order valence-electron chi connectivity index (χ3n) is 3.94. The van der Waals surface area contributed by atoms with E-state index in [4.69, 9.17) is 14.2 Å². The van der Waals surface area contributed by atoms with E-state index in [1.54, 1.807) is 27.4 Å². The van der Waals surface area contributed by atoms with Crippen molar-refractivity contribution < 1.29 is 14.2 Å². The summed E-state index contributed by atoms with van der Waals surface area (Å²) in [6.07, 6.45) is 1.81. The van der Waals surface area contributed by atoms with Crippen molar-refractivity contribution in [2.24, 2.45) is 0 Å². The van der Waals surface area contributed by atoms with Gasteiger partial charge in [-0.15, -0.1) is 11.3 Å². The molecule has 1 aromatic heterocycles. The third kappa shape index (κ3) is 4.10. The highest BCUT2D eigenvalue weighted by Gasteiger charge is 2.12. The fraction of sp³-hybridized carbons (Fsp3) is 0.143. The van der Waals surface area contributed by atoms with Crippen molar-refractivity contribution in [1.29, 1.82) is 5.26 Å². The van der Waals surface area contributed by atoms with Crippen LogP contribution < -0.4 is 14.2 Å². The lowest BCUT2D eigenvalue weighted by Gasteiger charge is -2.08. The van der Waals surface area contributed by atoms with E-state index in [9.17, 15) is 5.26 Å². The average molecular weight is 378 g/mol. The Bertz CT molecular complexity index is 1020. The minimum atomic E-state index is 0.500. The van der Waals surface area contributed by atoms with Gasteiger partial charge < -0.3 is 14.2 Å². The number of ether oxygens (including phenoxy) is 3. The van der Waals surface area contributed by atoms with Crippen LogP contribution >= 0.6 is 11.3 Å². The first-order chi connectivity index (χ1) is 13.2. The minimum absolute atomic E-state index is 0.500. The Morgan fingerprint density at radius 1 is 1.04 bits per heavy atom. The van der Waals surface area contributed by atoms with Crippen molar-refractivity contribution in [2.75, 3.05) is 21.3 Å². The third-order valence-corrected chi connectivity index (χ3v) is 4.81. The van der Waals surface area contributed by atoms with E-state index in [-0.39, 0.29) is 0 Å². The predicted molar refractivity (Wildman–Crippen MR) is 107 cm³/mol. The second-order valence-corrected chi connectivity index (χ2v) is 6.41. The molecule has 0 aliphatic rings. The van der Waals surface area contributed by atoms with E-state index in [0.717, 1.165) is 22.6 Å². The molecular weight excluding hydrogens is 360 g/mol. The van der Waals surface area contributed by atoms with Gasteiger partial charge in [0.2, 0.25) is 0 Å². The van der Waals surface area contributed by atoms with Gasteiger partial charge in [0, 0.05) is 10.9 Å². The molecule has 0 bridgehead atoms. The largest absolute Gasteiger partial charge is 0.497 e. The zero-order valence-electron chi connectivity index (χ0n) is 15.2. The number of methoxy groups -OCH3 is 3. The summed E-state index contributed by atoms with van der Waals surface area (Å²) in [4.78, 5) is 4.62. The van der Waals surface area contributed by atoms with Crippen molar-refractivity contribution >= 4 is 23.0 Å². The van der Waals surface area contributed by atoms with E-state index in [1.807, 2.05) is 47.8 Å². The Kier molecular flexibility index (Phi) is 5.74. The Morgan fingerprint density at radius 3 is 2.56 bits per heavy atom. The molecule has 0 fully saturated rings. The number of allylic oxidation sites excluding steroid dienone is 1. The zero-order chi connectivity index (χ0) is 19.2.